The summed E-state index contributed by atoms with van der Waals surface area (Å²) in [6, 6.07) is 7.99. The highest BCUT2D eigenvalue weighted by Crippen LogP contribution is 2.26. The van der Waals surface area contributed by atoms with Crippen molar-refractivity contribution in [2.24, 2.45) is 5.92 Å². The summed E-state index contributed by atoms with van der Waals surface area (Å²) in [6.07, 6.45) is 4.33. The second-order valence-corrected chi connectivity index (χ2v) is 8.26. The van der Waals surface area contributed by atoms with Crippen molar-refractivity contribution in [3.05, 3.63) is 29.8 Å². The van der Waals surface area contributed by atoms with E-state index in [1.807, 2.05) is 18.2 Å². The van der Waals surface area contributed by atoms with Crippen LogP contribution in [0.5, 0.6) is 0 Å². The molecule has 1 heterocycles. The van der Waals surface area contributed by atoms with Gasteiger partial charge in [0.1, 0.15) is 0 Å². The Morgan fingerprint density at radius 2 is 1.81 bits per heavy atom. The van der Waals surface area contributed by atoms with E-state index in [0.717, 1.165) is 18.4 Å². The Labute approximate surface area is 127 Å². The van der Waals surface area contributed by atoms with Gasteiger partial charge in [-0.3, -0.25) is 0 Å². The predicted octanol–water partition coefficient (Wildman–Crippen LogP) is 2.36. The first-order chi connectivity index (χ1) is 10.1. The van der Waals surface area contributed by atoms with Crippen LogP contribution < -0.4 is 5.32 Å². The van der Waals surface area contributed by atoms with Crippen LogP contribution in [0.3, 0.4) is 0 Å². The molecule has 2 fully saturated rings. The third-order valence-corrected chi connectivity index (χ3v) is 6.49. The zero-order valence-electron chi connectivity index (χ0n) is 12.6. The molecule has 1 saturated heterocycles. The molecule has 1 aliphatic heterocycles. The molecule has 1 N–H and O–H groups in total. The van der Waals surface area contributed by atoms with Crippen LogP contribution in [-0.2, 0) is 16.6 Å². The topological polar surface area (TPSA) is 49.4 Å². The SMILES string of the molecule is CC1CCN(S(=O)(=O)c2ccccc2CNC2CC2)CC1. The molecule has 21 heavy (non-hydrogen) atoms. The van der Waals surface area contributed by atoms with Crippen LogP contribution in [0.2, 0.25) is 0 Å². The van der Waals surface area contributed by atoms with Crippen LogP contribution >= 0.6 is 0 Å². The lowest BCUT2D eigenvalue weighted by Gasteiger charge is -2.30. The fraction of sp³-hybridized carbons (Fsp3) is 0.625. The minimum atomic E-state index is -3.35. The van der Waals surface area contributed by atoms with Gasteiger partial charge in [0, 0.05) is 25.7 Å². The minimum Gasteiger partial charge on any atom is -0.310 e. The lowest BCUT2D eigenvalue weighted by Crippen LogP contribution is -2.38. The van der Waals surface area contributed by atoms with Crippen LogP contribution in [0.25, 0.3) is 0 Å². The predicted molar refractivity (Wildman–Crippen MR) is 83.5 cm³/mol. The summed E-state index contributed by atoms with van der Waals surface area (Å²) in [4.78, 5) is 0.479. The van der Waals surface area contributed by atoms with E-state index < -0.39 is 10.0 Å². The summed E-state index contributed by atoms with van der Waals surface area (Å²) >= 11 is 0. The Bertz CT molecular complexity index is 588. The number of hydrogen-bond acceptors (Lipinski definition) is 3. The average molecular weight is 308 g/mol. The lowest BCUT2D eigenvalue weighted by molar-refractivity contribution is 0.288. The molecule has 0 amide bonds. The van der Waals surface area contributed by atoms with E-state index >= 15 is 0 Å². The molecule has 1 saturated carbocycles. The van der Waals surface area contributed by atoms with E-state index in [4.69, 9.17) is 0 Å². The van der Waals surface area contributed by atoms with Gasteiger partial charge in [0.15, 0.2) is 0 Å². The second kappa shape index (κ2) is 6.07. The molecular formula is C16H24N2O2S. The molecule has 4 nitrogen and oxygen atoms in total. The van der Waals surface area contributed by atoms with Gasteiger partial charge in [0.05, 0.1) is 4.90 Å². The van der Waals surface area contributed by atoms with Crippen LogP contribution in [-0.4, -0.2) is 31.9 Å². The Morgan fingerprint density at radius 1 is 1.14 bits per heavy atom. The Hall–Kier alpha value is -0.910. The van der Waals surface area contributed by atoms with Crippen molar-refractivity contribution in [3.63, 3.8) is 0 Å². The van der Waals surface area contributed by atoms with Crippen LogP contribution in [0.4, 0.5) is 0 Å². The van der Waals surface area contributed by atoms with Crippen molar-refractivity contribution < 1.29 is 8.42 Å². The quantitative estimate of drug-likeness (QED) is 0.908. The Morgan fingerprint density at radius 3 is 2.48 bits per heavy atom. The molecule has 1 aromatic rings. The van der Waals surface area contributed by atoms with Gasteiger partial charge < -0.3 is 5.32 Å². The molecule has 3 rings (SSSR count). The fourth-order valence-electron chi connectivity index (χ4n) is 2.81. The Kier molecular flexibility index (Phi) is 4.33. The van der Waals surface area contributed by atoms with E-state index in [1.165, 1.54) is 12.8 Å². The van der Waals surface area contributed by atoms with Crippen molar-refractivity contribution in [1.82, 2.24) is 9.62 Å². The Balaban J connectivity index is 1.80. The first-order valence-electron chi connectivity index (χ1n) is 7.89. The highest BCUT2D eigenvalue weighted by Gasteiger charge is 2.30. The van der Waals surface area contributed by atoms with Crippen molar-refractivity contribution in [2.75, 3.05) is 13.1 Å². The van der Waals surface area contributed by atoms with Gasteiger partial charge in [0.2, 0.25) is 10.0 Å². The standard InChI is InChI=1S/C16H24N2O2S/c1-13-8-10-18(11-9-13)21(19,20)16-5-3-2-4-14(16)12-17-15-6-7-15/h2-5,13,15,17H,6-12H2,1H3. The van der Waals surface area contributed by atoms with Crippen molar-refractivity contribution >= 4 is 10.0 Å². The largest absolute Gasteiger partial charge is 0.310 e. The molecule has 0 bridgehead atoms. The number of nitrogens with one attached hydrogen (secondary N) is 1. The fourth-order valence-corrected chi connectivity index (χ4v) is 4.50. The third-order valence-electron chi connectivity index (χ3n) is 4.49. The zero-order valence-corrected chi connectivity index (χ0v) is 13.4. The molecule has 0 atom stereocenters. The first-order valence-corrected chi connectivity index (χ1v) is 9.33. The van der Waals surface area contributed by atoms with Crippen molar-refractivity contribution in [3.8, 4) is 0 Å². The molecule has 0 aromatic heterocycles. The van der Waals surface area contributed by atoms with Crippen LogP contribution in [0.15, 0.2) is 29.2 Å². The molecule has 1 aliphatic carbocycles. The number of rotatable bonds is 5. The van der Waals surface area contributed by atoms with Gasteiger partial charge in [-0.2, -0.15) is 4.31 Å². The highest BCUT2D eigenvalue weighted by molar-refractivity contribution is 7.89. The molecule has 0 unspecified atom stereocenters. The highest BCUT2D eigenvalue weighted by atomic mass is 32.2. The van der Waals surface area contributed by atoms with E-state index in [1.54, 1.807) is 10.4 Å². The van der Waals surface area contributed by atoms with Gasteiger partial charge in [0.25, 0.3) is 0 Å². The summed E-state index contributed by atoms with van der Waals surface area (Å²) in [5, 5.41) is 3.41. The number of piperidine rings is 1. The normalized spacial score (nSPS) is 21.6. The molecule has 116 valence electrons. The number of nitrogens with zero attached hydrogens (tertiary/aromatic N) is 1. The summed E-state index contributed by atoms with van der Waals surface area (Å²) in [5.41, 5.74) is 0.892. The van der Waals surface area contributed by atoms with E-state index in [-0.39, 0.29) is 0 Å². The maximum Gasteiger partial charge on any atom is 0.243 e. The van der Waals surface area contributed by atoms with E-state index in [2.05, 4.69) is 12.2 Å². The summed E-state index contributed by atoms with van der Waals surface area (Å²) < 4.78 is 27.4. The van der Waals surface area contributed by atoms with Gasteiger partial charge in [-0.25, -0.2) is 8.42 Å². The molecule has 1 aromatic carbocycles. The number of benzene rings is 1. The molecule has 5 heteroatoms. The molecule has 0 spiro atoms. The first kappa shape index (κ1) is 15.0. The second-order valence-electron chi connectivity index (χ2n) is 6.35. The minimum absolute atomic E-state index is 0.479. The molecule has 2 aliphatic rings. The third kappa shape index (κ3) is 3.47. The van der Waals surface area contributed by atoms with Gasteiger partial charge >= 0.3 is 0 Å². The molecule has 0 radical (unpaired) electrons. The number of sulfonamides is 1. The average Bonchev–Trinajstić information content (AvgIpc) is 3.30. The smallest absolute Gasteiger partial charge is 0.243 e. The van der Waals surface area contributed by atoms with Crippen LogP contribution in [0, 0.1) is 5.92 Å². The zero-order chi connectivity index (χ0) is 14.9. The summed E-state index contributed by atoms with van der Waals surface area (Å²) in [5.74, 6) is 0.628. The maximum atomic E-state index is 12.9. The molecular weight excluding hydrogens is 284 g/mol. The van der Waals surface area contributed by atoms with Gasteiger partial charge in [-0.15, -0.1) is 0 Å². The number of hydrogen-bond donors (Lipinski definition) is 1. The van der Waals surface area contributed by atoms with Crippen molar-refractivity contribution in [2.45, 2.75) is 50.1 Å². The van der Waals surface area contributed by atoms with Gasteiger partial charge in [-0.1, -0.05) is 25.1 Å². The monoisotopic (exact) mass is 308 g/mol. The van der Waals surface area contributed by atoms with E-state index in [0.29, 0.717) is 36.5 Å². The van der Waals surface area contributed by atoms with Crippen LogP contribution in [0.1, 0.15) is 38.2 Å². The summed E-state index contributed by atoms with van der Waals surface area (Å²) in [6.45, 7) is 4.13. The van der Waals surface area contributed by atoms with E-state index in [9.17, 15) is 8.42 Å². The maximum absolute atomic E-state index is 12.9. The lowest BCUT2D eigenvalue weighted by atomic mass is 10.0. The summed E-state index contributed by atoms with van der Waals surface area (Å²) in [7, 11) is -3.35. The van der Waals surface area contributed by atoms with Crippen molar-refractivity contribution in [1.29, 1.82) is 0 Å². The van der Waals surface area contributed by atoms with Gasteiger partial charge in [-0.05, 0) is 43.2 Å².